The molecule has 1 atom stereocenters. The Morgan fingerprint density at radius 1 is 1.11 bits per heavy atom. The van der Waals surface area contributed by atoms with E-state index in [4.69, 9.17) is 4.74 Å². The van der Waals surface area contributed by atoms with Crippen LogP contribution in [-0.2, 0) is 23.9 Å². The molecule has 0 radical (unpaired) electrons. The Morgan fingerprint density at radius 2 is 1.91 bits per heavy atom. The lowest BCUT2D eigenvalue weighted by molar-refractivity contribution is -0.124. The molecule has 3 amide bonds. The molecule has 2 aromatic heterocycles. The zero-order chi connectivity index (χ0) is 24.2. The van der Waals surface area contributed by atoms with Gasteiger partial charge in [-0.05, 0) is 48.1 Å². The Hall–Kier alpha value is -4.27. The summed E-state index contributed by atoms with van der Waals surface area (Å²) < 4.78 is 9.17. The standard InChI is InChI=1S/C26H25N5O4/c1-30-12-19(11-27-30)17-4-7-20(8-5-17)26(24(33)28-25(34)29-26)15-31-13-18-6-9-21(10-22(18)23(31)32)35-14-16-2-3-16/h4-13,16,32H,2-3,14-15H2,1H3,(H2,28,29,33,34)/t26-/m0/s1. The van der Waals surface area contributed by atoms with E-state index in [0.717, 1.165) is 16.5 Å². The molecule has 3 N–H and O–H groups in total. The van der Waals surface area contributed by atoms with E-state index < -0.39 is 17.5 Å². The predicted octanol–water partition coefficient (Wildman–Crippen LogP) is 3.27. The molecule has 3 heterocycles. The lowest BCUT2D eigenvalue weighted by Gasteiger charge is -2.27. The van der Waals surface area contributed by atoms with Crippen molar-refractivity contribution in [3.05, 3.63) is 66.6 Å². The van der Waals surface area contributed by atoms with Crippen LogP contribution in [0.25, 0.3) is 21.9 Å². The summed E-state index contributed by atoms with van der Waals surface area (Å²) in [6, 6.07) is 12.4. The number of rotatable bonds is 7. The highest BCUT2D eigenvalue weighted by Gasteiger charge is 2.48. The van der Waals surface area contributed by atoms with Crippen LogP contribution in [0.5, 0.6) is 11.6 Å². The van der Waals surface area contributed by atoms with Crippen LogP contribution in [0.2, 0.25) is 0 Å². The first-order valence-corrected chi connectivity index (χ1v) is 11.6. The van der Waals surface area contributed by atoms with Gasteiger partial charge in [-0.15, -0.1) is 0 Å². The van der Waals surface area contributed by atoms with Crippen LogP contribution < -0.4 is 15.4 Å². The third-order valence-electron chi connectivity index (χ3n) is 6.78. The summed E-state index contributed by atoms with van der Waals surface area (Å²) in [5.41, 5.74) is 1.12. The molecule has 2 aromatic carbocycles. The SMILES string of the molecule is Cn1cc(-c2ccc([C@]3(Cn4cc5ccc(OCC6CC6)cc5c4O)NC(=O)NC3=O)cc2)cn1. The summed E-state index contributed by atoms with van der Waals surface area (Å²) in [7, 11) is 1.85. The van der Waals surface area contributed by atoms with E-state index in [9.17, 15) is 14.7 Å². The Bertz CT molecular complexity index is 1450. The van der Waals surface area contributed by atoms with Crippen molar-refractivity contribution in [2.75, 3.05) is 6.61 Å². The number of amides is 3. The van der Waals surface area contributed by atoms with E-state index in [0.29, 0.717) is 29.2 Å². The second kappa shape index (κ2) is 7.90. The number of urea groups is 1. The van der Waals surface area contributed by atoms with Crippen molar-refractivity contribution in [3.63, 3.8) is 0 Å². The van der Waals surface area contributed by atoms with Crippen molar-refractivity contribution < 1.29 is 19.4 Å². The molecular weight excluding hydrogens is 446 g/mol. The summed E-state index contributed by atoms with van der Waals surface area (Å²) in [4.78, 5) is 25.3. The van der Waals surface area contributed by atoms with Gasteiger partial charge in [0, 0.05) is 35.8 Å². The Morgan fingerprint density at radius 3 is 2.57 bits per heavy atom. The molecule has 35 heavy (non-hydrogen) atoms. The maximum atomic E-state index is 13.1. The van der Waals surface area contributed by atoms with Crippen LogP contribution in [0.15, 0.2) is 61.1 Å². The quantitative estimate of drug-likeness (QED) is 0.359. The van der Waals surface area contributed by atoms with Gasteiger partial charge in [0.05, 0.1) is 19.3 Å². The minimum atomic E-state index is -1.37. The molecular formula is C26H25N5O4. The Labute approximate surface area is 201 Å². The molecule has 1 aliphatic heterocycles. The molecule has 6 rings (SSSR count). The predicted molar refractivity (Wildman–Crippen MR) is 129 cm³/mol. The highest BCUT2D eigenvalue weighted by Crippen LogP contribution is 2.36. The van der Waals surface area contributed by atoms with Crippen molar-refractivity contribution in [1.82, 2.24) is 25.0 Å². The molecule has 1 aliphatic carbocycles. The zero-order valence-corrected chi connectivity index (χ0v) is 19.2. The number of hydrogen-bond acceptors (Lipinski definition) is 5. The van der Waals surface area contributed by atoms with Crippen LogP contribution in [-0.4, -0.2) is 38.0 Å². The smallest absolute Gasteiger partial charge is 0.322 e. The topological polar surface area (TPSA) is 110 Å². The van der Waals surface area contributed by atoms with E-state index in [1.165, 1.54) is 12.8 Å². The summed E-state index contributed by atoms with van der Waals surface area (Å²) in [5, 5.41) is 21.8. The molecule has 1 saturated carbocycles. The first-order valence-electron chi connectivity index (χ1n) is 11.6. The van der Waals surface area contributed by atoms with Gasteiger partial charge < -0.3 is 19.7 Å². The number of carbonyl (C=O) groups excluding carboxylic acids is 2. The second-order valence-corrected chi connectivity index (χ2v) is 9.38. The van der Waals surface area contributed by atoms with Gasteiger partial charge in [0.25, 0.3) is 5.91 Å². The third-order valence-corrected chi connectivity index (χ3v) is 6.78. The second-order valence-electron chi connectivity index (χ2n) is 9.38. The average molecular weight is 472 g/mol. The van der Waals surface area contributed by atoms with Gasteiger partial charge in [-0.3, -0.25) is 14.8 Å². The van der Waals surface area contributed by atoms with Gasteiger partial charge in [-0.25, -0.2) is 4.79 Å². The number of fused-ring (bicyclic) bond motifs is 1. The summed E-state index contributed by atoms with van der Waals surface area (Å²) in [5.74, 6) is 0.863. The van der Waals surface area contributed by atoms with Gasteiger partial charge in [0.15, 0.2) is 11.4 Å². The number of nitrogens with zero attached hydrogens (tertiary/aromatic N) is 3. The number of ether oxygens (including phenoxy) is 1. The highest BCUT2D eigenvalue weighted by atomic mass is 16.5. The van der Waals surface area contributed by atoms with Crippen LogP contribution in [0.3, 0.4) is 0 Å². The molecule has 0 unspecified atom stereocenters. The minimum absolute atomic E-state index is 0.0113. The zero-order valence-electron chi connectivity index (χ0n) is 19.2. The number of benzene rings is 2. The molecule has 2 aliphatic rings. The van der Waals surface area contributed by atoms with Crippen molar-refractivity contribution in [2.45, 2.75) is 24.9 Å². The molecule has 2 fully saturated rings. The first kappa shape index (κ1) is 21.3. The molecule has 1 saturated heterocycles. The number of imide groups is 1. The summed E-state index contributed by atoms with van der Waals surface area (Å²) >= 11 is 0. The van der Waals surface area contributed by atoms with E-state index >= 15 is 0 Å². The molecule has 178 valence electrons. The fourth-order valence-corrected chi connectivity index (χ4v) is 4.60. The molecule has 0 bridgehead atoms. The molecule has 4 aromatic rings. The number of aryl methyl sites for hydroxylation is 1. The molecule has 9 nitrogen and oxygen atoms in total. The maximum absolute atomic E-state index is 13.1. The summed E-state index contributed by atoms with van der Waals surface area (Å²) in [6.07, 6.45) is 7.84. The minimum Gasteiger partial charge on any atom is -0.494 e. The number of aromatic hydroxyl groups is 1. The average Bonchev–Trinajstić information content (AvgIpc) is 3.41. The van der Waals surface area contributed by atoms with Gasteiger partial charge in [0.2, 0.25) is 0 Å². The van der Waals surface area contributed by atoms with Gasteiger partial charge in [-0.1, -0.05) is 24.3 Å². The maximum Gasteiger partial charge on any atom is 0.322 e. The van der Waals surface area contributed by atoms with E-state index in [-0.39, 0.29) is 12.4 Å². The van der Waals surface area contributed by atoms with Crippen LogP contribution in [0.1, 0.15) is 18.4 Å². The van der Waals surface area contributed by atoms with E-state index in [2.05, 4.69) is 15.7 Å². The number of carbonyl (C=O) groups is 2. The normalized spacial score (nSPS) is 19.7. The third kappa shape index (κ3) is 3.78. The lowest BCUT2D eigenvalue weighted by atomic mass is 9.88. The van der Waals surface area contributed by atoms with Gasteiger partial charge in [-0.2, -0.15) is 5.10 Å². The van der Waals surface area contributed by atoms with Crippen molar-refractivity contribution in [3.8, 4) is 22.8 Å². The largest absolute Gasteiger partial charge is 0.494 e. The Balaban J connectivity index is 1.34. The lowest BCUT2D eigenvalue weighted by Crippen LogP contribution is -2.47. The van der Waals surface area contributed by atoms with Crippen molar-refractivity contribution >= 4 is 22.7 Å². The molecule has 0 spiro atoms. The number of hydrogen-bond donors (Lipinski definition) is 3. The van der Waals surface area contributed by atoms with E-state index in [1.807, 2.05) is 55.7 Å². The van der Waals surface area contributed by atoms with Crippen LogP contribution >= 0.6 is 0 Å². The molecule has 9 heteroatoms. The fraction of sp³-hybridized carbons (Fsp3) is 0.269. The number of aromatic nitrogens is 3. The summed E-state index contributed by atoms with van der Waals surface area (Å²) in [6.45, 7) is 0.701. The first-order chi connectivity index (χ1) is 16.9. The van der Waals surface area contributed by atoms with Gasteiger partial charge in [0.1, 0.15) is 5.75 Å². The van der Waals surface area contributed by atoms with Crippen molar-refractivity contribution in [2.24, 2.45) is 13.0 Å². The fourth-order valence-electron chi connectivity index (χ4n) is 4.60. The van der Waals surface area contributed by atoms with Crippen LogP contribution in [0.4, 0.5) is 4.79 Å². The number of nitrogens with one attached hydrogen (secondary N) is 2. The van der Waals surface area contributed by atoms with Crippen molar-refractivity contribution in [1.29, 1.82) is 0 Å². The monoisotopic (exact) mass is 471 g/mol. The highest BCUT2D eigenvalue weighted by molar-refractivity contribution is 6.07. The Kier molecular flexibility index (Phi) is 4.80. The van der Waals surface area contributed by atoms with Gasteiger partial charge >= 0.3 is 6.03 Å². The van der Waals surface area contributed by atoms with E-state index in [1.54, 1.807) is 21.6 Å². The van der Waals surface area contributed by atoms with Crippen LogP contribution in [0, 0.1) is 5.92 Å².